The van der Waals surface area contributed by atoms with Crippen LogP contribution in [0.2, 0.25) is 0 Å². The molecule has 9 heavy (non-hydrogen) atoms. The highest BCUT2D eigenvalue weighted by Crippen LogP contribution is 2.15. The molecule has 2 heteroatoms. The lowest BCUT2D eigenvalue weighted by molar-refractivity contribution is 0.0852. The first-order valence-corrected chi connectivity index (χ1v) is 3.02. The van der Waals surface area contributed by atoms with Crippen molar-refractivity contribution in [2.75, 3.05) is 0 Å². The van der Waals surface area contributed by atoms with Crippen LogP contribution in [0.3, 0.4) is 0 Å². The van der Waals surface area contributed by atoms with E-state index in [1.807, 2.05) is 6.92 Å². The van der Waals surface area contributed by atoms with Gasteiger partial charge in [-0.15, -0.1) is 0 Å². The average molecular weight is 125 g/mol. The van der Waals surface area contributed by atoms with Crippen LogP contribution in [0.4, 0.5) is 0 Å². The largest absolute Gasteiger partial charge is 0.472 e. The van der Waals surface area contributed by atoms with E-state index in [0.717, 1.165) is 5.56 Å². The minimum atomic E-state index is -0.608. The lowest BCUT2D eigenvalue weighted by Gasteiger charge is -1.97. The molecule has 1 heterocycles. The molecule has 0 aliphatic rings. The molecule has 0 aliphatic carbocycles. The monoisotopic (exact) mass is 125 g/mol. The number of furan rings is 1. The fraction of sp³-hybridized carbons (Fsp3) is 0.429. The van der Waals surface area contributed by atoms with Gasteiger partial charge in [-0.05, 0) is 12.5 Å². The summed E-state index contributed by atoms with van der Waals surface area (Å²) < 4.78 is 4.74. The topological polar surface area (TPSA) is 33.0 Å². The molecule has 1 atom stereocenters. The quantitative estimate of drug-likeness (QED) is 0.596. The molecule has 1 rings (SSSR count). The Morgan fingerprint density at radius 1 is 1.78 bits per heavy atom. The van der Waals surface area contributed by atoms with Crippen LogP contribution in [0.25, 0.3) is 0 Å². The third kappa shape index (κ3) is 1.33. The third-order valence-electron chi connectivity index (χ3n) is 1.29. The highest BCUT2D eigenvalue weighted by molar-refractivity contribution is 5.08. The SMILES string of the molecule is CCC([O])c1ccoc1. The molecule has 0 bridgehead atoms. The summed E-state index contributed by atoms with van der Waals surface area (Å²) >= 11 is 0. The highest BCUT2D eigenvalue weighted by Gasteiger charge is 2.05. The lowest BCUT2D eigenvalue weighted by Crippen LogP contribution is -1.88. The van der Waals surface area contributed by atoms with Gasteiger partial charge in [0.25, 0.3) is 0 Å². The summed E-state index contributed by atoms with van der Waals surface area (Å²) in [6.07, 6.45) is 3.04. The van der Waals surface area contributed by atoms with Gasteiger partial charge in [0.2, 0.25) is 0 Å². The zero-order chi connectivity index (χ0) is 6.69. The second-order valence-electron chi connectivity index (χ2n) is 1.95. The Morgan fingerprint density at radius 2 is 2.56 bits per heavy atom. The van der Waals surface area contributed by atoms with E-state index in [2.05, 4.69) is 0 Å². The maximum absolute atomic E-state index is 10.9. The minimum Gasteiger partial charge on any atom is -0.472 e. The van der Waals surface area contributed by atoms with Crippen molar-refractivity contribution in [1.82, 2.24) is 0 Å². The zero-order valence-corrected chi connectivity index (χ0v) is 5.33. The molecule has 0 aliphatic heterocycles. The van der Waals surface area contributed by atoms with Gasteiger partial charge in [-0.25, -0.2) is 5.11 Å². The molecule has 0 saturated heterocycles. The summed E-state index contributed by atoms with van der Waals surface area (Å²) in [5, 5.41) is 10.9. The van der Waals surface area contributed by atoms with Gasteiger partial charge < -0.3 is 4.42 Å². The summed E-state index contributed by atoms with van der Waals surface area (Å²) in [6, 6.07) is 1.71. The molecule has 0 spiro atoms. The van der Waals surface area contributed by atoms with Crippen molar-refractivity contribution < 1.29 is 9.52 Å². The first-order valence-electron chi connectivity index (χ1n) is 3.02. The van der Waals surface area contributed by atoms with Crippen LogP contribution >= 0.6 is 0 Å². The van der Waals surface area contributed by atoms with Crippen LogP contribution in [0.1, 0.15) is 25.0 Å². The minimum absolute atomic E-state index is 0.608. The Labute approximate surface area is 54.1 Å². The number of hydrogen-bond donors (Lipinski definition) is 0. The molecule has 2 nitrogen and oxygen atoms in total. The van der Waals surface area contributed by atoms with Crippen molar-refractivity contribution in [1.29, 1.82) is 0 Å². The Hall–Kier alpha value is -0.760. The van der Waals surface area contributed by atoms with Gasteiger partial charge in [-0.3, -0.25) is 0 Å². The molecule has 0 N–H and O–H groups in total. The van der Waals surface area contributed by atoms with E-state index < -0.39 is 6.10 Å². The van der Waals surface area contributed by atoms with Crippen LogP contribution in [-0.4, -0.2) is 0 Å². The van der Waals surface area contributed by atoms with E-state index in [1.165, 1.54) is 12.5 Å². The van der Waals surface area contributed by atoms with E-state index in [1.54, 1.807) is 6.07 Å². The first kappa shape index (κ1) is 6.36. The predicted octanol–water partition coefficient (Wildman–Crippen LogP) is 2.16. The van der Waals surface area contributed by atoms with Gasteiger partial charge in [0.15, 0.2) is 0 Å². The van der Waals surface area contributed by atoms with Crippen LogP contribution in [0, 0.1) is 0 Å². The van der Waals surface area contributed by atoms with Crippen LogP contribution < -0.4 is 0 Å². The summed E-state index contributed by atoms with van der Waals surface area (Å²) in [5.41, 5.74) is 0.748. The average Bonchev–Trinajstić information content (AvgIpc) is 2.37. The summed E-state index contributed by atoms with van der Waals surface area (Å²) in [7, 11) is 0. The van der Waals surface area contributed by atoms with Crippen LogP contribution in [0.15, 0.2) is 23.0 Å². The molecule has 0 aromatic carbocycles. The summed E-state index contributed by atoms with van der Waals surface area (Å²) in [5.74, 6) is 0. The van der Waals surface area contributed by atoms with Crippen molar-refractivity contribution in [2.24, 2.45) is 0 Å². The lowest BCUT2D eigenvalue weighted by atomic mass is 10.1. The molecule has 0 saturated carbocycles. The van der Waals surface area contributed by atoms with Crippen molar-refractivity contribution >= 4 is 0 Å². The van der Waals surface area contributed by atoms with Gasteiger partial charge in [0.1, 0.15) is 6.10 Å². The first-order chi connectivity index (χ1) is 4.34. The molecule has 1 aromatic heterocycles. The summed E-state index contributed by atoms with van der Waals surface area (Å²) in [4.78, 5) is 0. The molecule has 1 unspecified atom stereocenters. The van der Waals surface area contributed by atoms with Gasteiger partial charge in [-0.2, -0.15) is 0 Å². The van der Waals surface area contributed by atoms with Gasteiger partial charge in [-0.1, -0.05) is 6.92 Å². The van der Waals surface area contributed by atoms with Crippen molar-refractivity contribution in [2.45, 2.75) is 19.4 Å². The fourth-order valence-electron chi connectivity index (χ4n) is 0.694. The Bertz CT molecular complexity index is 155. The Kier molecular flexibility index (Phi) is 1.90. The molecule has 0 amide bonds. The number of hydrogen-bond acceptors (Lipinski definition) is 1. The molecule has 1 radical (unpaired) electrons. The van der Waals surface area contributed by atoms with E-state index in [0.29, 0.717) is 6.42 Å². The second-order valence-corrected chi connectivity index (χ2v) is 1.95. The van der Waals surface area contributed by atoms with Gasteiger partial charge >= 0.3 is 0 Å². The fourth-order valence-corrected chi connectivity index (χ4v) is 0.694. The smallest absolute Gasteiger partial charge is 0.121 e. The Morgan fingerprint density at radius 3 is 3.00 bits per heavy atom. The van der Waals surface area contributed by atoms with Crippen molar-refractivity contribution in [3.05, 3.63) is 24.2 Å². The van der Waals surface area contributed by atoms with Gasteiger partial charge in [0, 0.05) is 5.56 Å². The summed E-state index contributed by atoms with van der Waals surface area (Å²) in [6.45, 7) is 1.87. The second kappa shape index (κ2) is 2.69. The maximum Gasteiger partial charge on any atom is 0.121 e. The molecular formula is C7H9O2. The van der Waals surface area contributed by atoms with Crippen molar-refractivity contribution in [3.8, 4) is 0 Å². The van der Waals surface area contributed by atoms with Crippen molar-refractivity contribution in [3.63, 3.8) is 0 Å². The number of rotatable bonds is 2. The van der Waals surface area contributed by atoms with Crippen LogP contribution in [0.5, 0.6) is 0 Å². The van der Waals surface area contributed by atoms with Gasteiger partial charge in [0.05, 0.1) is 12.5 Å². The molecular weight excluding hydrogens is 116 g/mol. The van der Waals surface area contributed by atoms with E-state index in [4.69, 9.17) is 4.42 Å². The van der Waals surface area contributed by atoms with E-state index >= 15 is 0 Å². The molecule has 1 aromatic rings. The van der Waals surface area contributed by atoms with Crippen LogP contribution in [-0.2, 0) is 5.11 Å². The normalized spacial score (nSPS) is 13.6. The van der Waals surface area contributed by atoms with E-state index in [9.17, 15) is 5.11 Å². The highest BCUT2D eigenvalue weighted by atomic mass is 16.3. The zero-order valence-electron chi connectivity index (χ0n) is 5.33. The Balaban J connectivity index is 2.65. The predicted molar refractivity (Wildman–Crippen MR) is 32.4 cm³/mol. The maximum atomic E-state index is 10.9. The molecule has 0 fully saturated rings. The third-order valence-corrected chi connectivity index (χ3v) is 1.29. The standard InChI is InChI=1S/C7H9O2/c1-2-7(8)6-3-4-9-5-6/h3-5,7H,2H2,1H3. The van der Waals surface area contributed by atoms with E-state index in [-0.39, 0.29) is 0 Å². The molecule has 49 valence electrons.